The fraction of sp³-hybridized carbons (Fsp3) is 0.375. The highest BCUT2D eigenvalue weighted by Crippen LogP contribution is 2.31. The van der Waals surface area contributed by atoms with Crippen LogP contribution in [-0.2, 0) is 9.47 Å². The molecule has 9 nitrogen and oxygen atoms in total. The van der Waals surface area contributed by atoms with Crippen molar-refractivity contribution >= 4 is 28.5 Å². The molecule has 3 aromatic heterocycles. The first kappa shape index (κ1) is 17.0. The van der Waals surface area contributed by atoms with Crippen LogP contribution in [0.4, 0.5) is 0 Å². The molecular weight excluding hydrogens is 362 g/mol. The summed E-state index contributed by atoms with van der Waals surface area (Å²) in [6.07, 6.45) is 3.12. The third-order valence-corrected chi connectivity index (χ3v) is 4.56. The fourth-order valence-corrected chi connectivity index (χ4v) is 3.16. The Bertz CT molecular complexity index is 938. The number of H-pyrrole nitrogens is 1. The van der Waals surface area contributed by atoms with E-state index in [2.05, 4.69) is 20.1 Å². The predicted octanol–water partition coefficient (Wildman–Crippen LogP) is 1.75. The minimum absolute atomic E-state index is 0.0942. The zero-order valence-electron chi connectivity index (χ0n) is 13.9. The largest absolute Gasteiger partial charge is 0.382 e. The number of fused-ring (bicyclic) bond motifs is 1. The molecular formula is C16H16ClN5O4. The number of pyridine rings is 1. The Balaban J connectivity index is 1.57. The molecule has 0 aliphatic carbocycles. The Morgan fingerprint density at radius 2 is 2.42 bits per heavy atom. The minimum atomic E-state index is -0.347. The number of rotatable bonds is 4. The number of hydrogen-bond acceptors (Lipinski definition) is 7. The van der Waals surface area contributed by atoms with E-state index in [9.17, 15) is 4.79 Å². The summed E-state index contributed by atoms with van der Waals surface area (Å²) < 4.78 is 15.8. The molecule has 26 heavy (non-hydrogen) atoms. The van der Waals surface area contributed by atoms with Gasteiger partial charge in [0.15, 0.2) is 0 Å². The molecule has 4 rings (SSSR count). The van der Waals surface area contributed by atoms with E-state index in [1.165, 1.54) is 0 Å². The van der Waals surface area contributed by atoms with E-state index < -0.39 is 0 Å². The smallest absolute Gasteiger partial charge is 0.316 e. The molecule has 1 fully saturated rings. The van der Waals surface area contributed by atoms with Gasteiger partial charge in [-0.05, 0) is 6.07 Å². The number of nitrogens with zero attached hydrogens (tertiary/aromatic N) is 4. The lowest BCUT2D eigenvalue weighted by atomic mass is 10.2. The first-order chi connectivity index (χ1) is 12.7. The van der Waals surface area contributed by atoms with Gasteiger partial charge in [0.1, 0.15) is 5.65 Å². The molecule has 0 saturated carbocycles. The first-order valence-corrected chi connectivity index (χ1v) is 8.40. The number of carbonyl (C=O) groups is 1. The van der Waals surface area contributed by atoms with Crippen molar-refractivity contribution in [1.82, 2.24) is 25.0 Å². The van der Waals surface area contributed by atoms with E-state index in [4.69, 9.17) is 25.6 Å². The molecule has 0 bridgehead atoms. The molecule has 0 spiro atoms. The monoisotopic (exact) mass is 377 g/mol. The number of nitrogens with one attached hydrogen (secondary N) is 1. The molecule has 1 atom stereocenters. The summed E-state index contributed by atoms with van der Waals surface area (Å²) in [5.41, 5.74) is 1.16. The maximum atomic E-state index is 12.6. The van der Waals surface area contributed by atoms with Gasteiger partial charge in [0, 0.05) is 38.0 Å². The molecule has 0 radical (unpaired) electrons. The average Bonchev–Trinajstić information content (AvgIpc) is 3.32. The van der Waals surface area contributed by atoms with E-state index in [1.54, 1.807) is 24.4 Å². The lowest BCUT2D eigenvalue weighted by Crippen LogP contribution is -2.47. The molecule has 0 aromatic carbocycles. The van der Waals surface area contributed by atoms with Crippen LogP contribution in [0.15, 0.2) is 23.0 Å². The van der Waals surface area contributed by atoms with E-state index in [1.807, 2.05) is 6.07 Å². The number of aromatic nitrogens is 4. The number of carbonyl (C=O) groups excluding carboxylic acids is 1. The Kier molecular flexibility index (Phi) is 4.58. The molecule has 1 amide bonds. The van der Waals surface area contributed by atoms with Crippen molar-refractivity contribution in [3.05, 3.63) is 29.4 Å². The average molecular weight is 378 g/mol. The van der Waals surface area contributed by atoms with Crippen molar-refractivity contribution in [2.45, 2.75) is 6.10 Å². The van der Waals surface area contributed by atoms with Gasteiger partial charge in [0.25, 0.3) is 0 Å². The summed E-state index contributed by atoms with van der Waals surface area (Å²) in [7, 11) is 1.59. The molecule has 0 unspecified atom stereocenters. The maximum absolute atomic E-state index is 12.6. The van der Waals surface area contributed by atoms with Crippen molar-refractivity contribution in [2.24, 2.45) is 0 Å². The minimum Gasteiger partial charge on any atom is -0.382 e. The Labute approximate surface area is 153 Å². The summed E-state index contributed by atoms with van der Waals surface area (Å²) in [5, 5.41) is 5.08. The molecule has 10 heteroatoms. The number of hydrogen-bond donors (Lipinski definition) is 1. The number of aromatic amines is 1. The standard InChI is InChI=1S/C16H16ClN5O4/c1-24-8-9-7-22(4-5-25-9)16(23)15-20-14(21-26-15)11-6-19-13-10(12(11)17)2-3-18-13/h2-3,6,9H,4-5,7-8H2,1H3,(H,18,19)/t9-/m0/s1. The van der Waals surface area contributed by atoms with Crippen molar-refractivity contribution in [3.63, 3.8) is 0 Å². The number of amides is 1. The number of halogens is 1. The van der Waals surface area contributed by atoms with Crippen LogP contribution in [0.3, 0.4) is 0 Å². The highest BCUT2D eigenvalue weighted by Gasteiger charge is 2.29. The third-order valence-electron chi connectivity index (χ3n) is 4.15. The van der Waals surface area contributed by atoms with Crippen LogP contribution in [0.2, 0.25) is 5.02 Å². The van der Waals surface area contributed by atoms with Gasteiger partial charge in [-0.15, -0.1) is 0 Å². The van der Waals surface area contributed by atoms with Gasteiger partial charge < -0.3 is 23.9 Å². The summed E-state index contributed by atoms with van der Waals surface area (Å²) in [6, 6.07) is 1.81. The van der Waals surface area contributed by atoms with Crippen LogP contribution in [0.25, 0.3) is 22.4 Å². The quantitative estimate of drug-likeness (QED) is 0.738. The third kappa shape index (κ3) is 3.05. The predicted molar refractivity (Wildman–Crippen MR) is 91.9 cm³/mol. The molecule has 1 aliphatic rings. The van der Waals surface area contributed by atoms with Crippen LogP contribution >= 0.6 is 11.6 Å². The normalized spacial score (nSPS) is 17.8. The van der Waals surface area contributed by atoms with Gasteiger partial charge >= 0.3 is 11.8 Å². The molecule has 1 saturated heterocycles. The van der Waals surface area contributed by atoms with Crippen molar-refractivity contribution in [2.75, 3.05) is 33.4 Å². The molecule has 136 valence electrons. The van der Waals surface area contributed by atoms with Crippen LogP contribution in [-0.4, -0.2) is 70.4 Å². The van der Waals surface area contributed by atoms with Gasteiger partial charge in [0.2, 0.25) is 5.82 Å². The first-order valence-electron chi connectivity index (χ1n) is 8.03. The van der Waals surface area contributed by atoms with Crippen LogP contribution in [0.1, 0.15) is 10.7 Å². The second kappa shape index (κ2) is 7.02. The molecule has 4 heterocycles. The van der Waals surface area contributed by atoms with Crippen molar-refractivity contribution in [3.8, 4) is 11.4 Å². The highest BCUT2D eigenvalue weighted by molar-refractivity contribution is 6.37. The highest BCUT2D eigenvalue weighted by atomic mass is 35.5. The SMILES string of the molecule is COC[C@@H]1CN(C(=O)c2nc(-c3cnc4[nH]ccc4c3Cl)no2)CCO1. The zero-order valence-corrected chi connectivity index (χ0v) is 14.7. The van der Waals surface area contributed by atoms with Gasteiger partial charge in [-0.1, -0.05) is 16.8 Å². The van der Waals surface area contributed by atoms with E-state index in [0.29, 0.717) is 42.5 Å². The Hall–Kier alpha value is -2.49. The molecule has 3 aromatic rings. The number of ether oxygens (including phenoxy) is 2. The zero-order chi connectivity index (χ0) is 18.1. The second-order valence-corrected chi connectivity index (χ2v) is 6.23. The topological polar surface area (TPSA) is 106 Å². The summed E-state index contributed by atoms with van der Waals surface area (Å²) >= 11 is 6.40. The van der Waals surface area contributed by atoms with Crippen molar-refractivity contribution in [1.29, 1.82) is 0 Å². The fourth-order valence-electron chi connectivity index (χ4n) is 2.88. The summed E-state index contributed by atoms with van der Waals surface area (Å²) in [6.45, 7) is 1.70. The van der Waals surface area contributed by atoms with E-state index >= 15 is 0 Å². The summed E-state index contributed by atoms with van der Waals surface area (Å²) in [5.74, 6) is -0.223. The van der Waals surface area contributed by atoms with Crippen molar-refractivity contribution < 1.29 is 18.8 Å². The van der Waals surface area contributed by atoms with Crippen LogP contribution in [0.5, 0.6) is 0 Å². The number of morpholine rings is 1. The maximum Gasteiger partial charge on any atom is 0.316 e. The van der Waals surface area contributed by atoms with E-state index in [-0.39, 0.29) is 23.7 Å². The van der Waals surface area contributed by atoms with Gasteiger partial charge in [-0.2, -0.15) is 4.98 Å². The van der Waals surface area contributed by atoms with E-state index in [0.717, 1.165) is 5.39 Å². The van der Waals surface area contributed by atoms with Crippen LogP contribution < -0.4 is 0 Å². The lowest BCUT2D eigenvalue weighted by molar-refractivity contribution is -0.0539. The van der Waals surface area contributed by atoms with Gasteiger partial charge in [-0.3, -0.25) is 4.79 Å². The Morgan fingerprint density at radius 3 is 3.27 bits per heavy atom. The second-order valence-electron chi connectivity index (χ2n) is 5.85. The Morgan fingerprint density at radius 1 is 1.54 bits per heavy atom. The number of methoxy groups -OCH3 is 1. The summed E-state index contributed by atoms with van der Waals surface area (Å²) in [4.78, 5) is 25.7. The van der Waals surface area contributed by atoms with Gasteiger partial charge in [-0.25, -0.2) is 4.98 Å². The molecule has 1 N–H and O–H groups in total. The lowest BCUT2D eigenvalue weighted by Gasteiger charge is -2.31. The van der Waals surface area contributed by atoms with Crippen LogP contribution in [0, 0.1) is 0 Å². The van der Waals surface area contributed by atoms with Gasteiger partial charge in [0.05, 0.1) is 29.9 Å². The molecule has 1 aliphatic heterocycles.